The molecule has 0 bridgehead atoms. The third-order valence-electron chi connectivity index (χ3n) is 4.75. The molecule has 35 heavy (non-hydrogen) atoms. The van der Waals surface area contributed by atoms with Gasteiger partial charge >= 0.3 is 11.9 Å². The van der Waals surface area contributed by atoms with E-state index in [1.165, 1.54) is 61.8 Å². The number of hydrogen-bond donors (Lipinski definition) is 1. The molecule has 0 aliphatic heterocycles. The molecule has 0 spiro atoms. The number of non-ortho nitro benzene ring substituents is 1. The number of nitrogens with one attached hydrogen (secondary N) is 1. The first-order chi connectivity index (χ1) is 16.7. The Morgan fingerprint density at radius 1 is 0.971 bits per heavy atom. The number of aromatic nitrogens is 1. The average Bonchev–Trinajstić information content (AvgIpc) is 2.87. The van der Waals surface area contributed by atoms with Crippen LogP contribution in [-0.4, -0.2) is 41.7 Å². The van der Waals surface area contributed by atoms with Crippen LogP contribution in [-0.2, 0) is 16.1 Å². The highest BCUT2D eigenvalue weighted by Crippen LogP contribution is 2.20. The van der Waals surface area contributed by atoms with E-state index in [1.807, 2.05) is 0 Å². The van der Waals surface area contributed by atoms with E-state index < -0.39 is 28.3 Å². The standard InChI is InChI=1S/C23H19N3O9/c1-33-22(29)15-8-9-17(23(30)34-2)19(12-15)24-20(27)18-7-4-10-25(21(18)28)35-13-14-5-3-6-16(11-14)26(31)32/h3-12H,13H2,1-2H3,(H,24,27). The fraction of sp³-hybridized carbons (Fsp3) is 0.130. The average molecular weight is 481 g/mol. The molecule has 0 saturated carbocycles. The van der Waals surface area contributed by atoms with Crippen molar-refractivity contribution in [1.82, 2.24) is 4.73 Å². The van der Waals surface area contributed by atoms with Crippen molar-refractivity contribution in [3.63, 3.8) is 0 Å². The third-order valence-corrected chi connectivity index (χ3v) is 4.75. The van der Waals surface area contributed by atoms with Crippen molar-refractivity contribution >= 4 is 29.2 Å². The predicted molar refractivity (Wildman–Crippen MR) is 121 cm³/mol. The predicted octanol–water partition coefficient (Wildman–Crippen LogP) is 2.21. The quantitative estimate of drug-likeness (QED) is 0.289. The lowest BCUT2D eigenvalue weighted by Gasteiger charge is -2.12. The minimum Gasteiger partial charge on any atom is -0.465 e. The summed E-state index contributed by atoms with van der Waals surface area (Å²) in [6.45, 7) is -0.180. The maximum absolute atomic E-state index is 12.9. The summed E-state index contributed by atoms with van der Waals surface area (Å²) in [7, 11) is 2.32. The van der Waals surface area contributed by atoms with E-state index >= 15 is 0 Å². The Kier molecular flexibility index (Phi) is 7.56. The van der Waals surface area contributed by atoms with Crippen molar-refractivity contribution in [2.24, 2.45) is 0 Å². The van der Waals surface area contributed by atoms with Gasteiger partial charge in [-0.15, -0.1) is 0 Å². The molecule has 1 aromatic heterocycles. The summed E-state index contributed by atoms with van der Waals surface area (Å²) in [5.74, 6) is -2.36. The van der Waals surface area contributed by atoms with E-state index in [9.17, 15) is 29.3 Å². The molecule has 1 heterocycles. The highest BCUT2D eigenvalue weighted by atomic mass is 16.7. The van der Waals surface area contributed by atoms with Gasteiger partial charge in [0.1, 0.15) is 12.2 Å². The SMILES string of the molecule is COC(=O)c1ccc(C(=O)OC)c(NC(=O)c2cccn(OCc3cccc([N+](=O)[O-])c3)c2=O)c1. The fourth-order valence-corrected chi connectivity index (χ4v) is 3.02. The number of esters is 2. The van der Waals surface area contributed by atoms with Gasteiger partial charge < -0.3 is 19.6 Å². The van der Waals surface area contributed by atoms with E-state index in [0.29, 0.717) is 5.56 Å². The fourth-order valence-electron chi connectivity index (χ4n) is 3.02. The lowest BCUT2D eigenvalue weighted by Crippen LogP contribution is -2.32. The molecule has 0 fully saturated rings. The Balaban J connectivity index is 1.86. The van der Waals surface area contributed by atoms with Crippen LogP contribution in [0.3, 0.4) is 0 Å². The second-order valence-electron chi connectivity index (χ2n) is 6.95. The highest BCUT2D eigenvalue weighted by molar-refractivity contribution is 6.08. The summed E-state index contributed by atoms with van der Waals surface area (Å²) in [6, 6.07) is 12.1. The number of methoxy groups -OCH3 is 2. The van der Waals surface area contributed by atoms with Crippen LogP contribution in [0.25, 0.3) is 0 Å². The van der Waals surface area contributed by atoms with Crippen molar-refractivity contribution in [3.8, 4) is 0 Å². The number of nitrogens with zero attached hydrogens (tertiary/aromatic N) is 2. The minimum absolute atomic E-state index is 0.0494. The van der Waals surface area contributed by atoms with Crippen LogP contribution in [0.2, 0.25) is 0 Å². The van der Waals surface area contributed by atoms with E-state index in [1.54, 1.807) is 6.07 Å². The first kappa shape index (κ1) is 24.6. The molecule has 0 aliphatic rings. The number of carbonyl (C=O) groups excluding carboxylic acids is 3. The van der Waals surface area contributed by atoms with Crippen LogP contribution in [0, 0.1) is 10.1 Å². The number of nitro benzene ring substituents is 1. The maximum atomic E-state index is 12.9. The van der Waals surface area contributed by atoms with Crippen molar-refractivity contribution in [2.75, 3.05) is 19.5 Å². The molecule has 0 saturated heterocycles. The Bertz CT molecular complexity index is 1360. The zero-order valence-corrected chi connectivity index (χ0v) is 18.5. The second kappa shape index (κ2) is 10.7. The van der Waals surface area contributed by atoms with Gasteiger partial charge in [-0.3, -0.25) is 19.7 Å². The van der Waals surface area contributed by atoms with Gasteiger partial charge in [0.2, 0.25) is 0 Å². The molecule has 3 aromatic rings. The summed E-state index contributed by atoms with van der Waals surface area (Å²) in [5, 5.41) is 13.4. The largest absolute Gasteiger partial charge is 0.465 e. The lowest BCUT2D eigenvalue weighted by atomic mass is 10.1. The molecule has 1 amide bonds. The number of carbonyl (C=O) groups is 3. The minimum atomic E-state index is -0.879. The van der Waals surface area contributed by atoms with Gasteiger partial charge in [0.15, 0.2) is 0 Å². The van der Waals surface area contributed by atoms with Gasteiger partial charge in [-0.05, 0) is 35.9 Å². The number of nitro groups is 1. The maximum Gasteiger partial charge on any atom is 0.339 e. The van der Waals surface area contributed by atoms with Crippen molar-refractivity contribution in [2.45, 2.75) is 6.61 Å². The van der Waals surface area contributed by atoms with E-state index in [4.69, 9.17) is 9.57 Å². The molecule has 3 rings (SSSR count). The van der Waals surface area contributed by atoms with Gasteiger partial charge in [-0.1, -0.05) is 12.1 Å². The van der Waals surface area contributed by atoms with Crippen LogP contribution < -0.4 is 15.7 Å². The Labute approximate surface area is 197 Å². The van der Waals surface area contributed by atoms with Crippen LogP contribution in [0.1, 0.15) is 36.6 Å². The zero-order chi connectivity index (χ0) is 25.5. The van der Waals surface area contributed by atoms with Crippen LogP contribution in [0.15, 0.2) is 65.6 Å². The molecular weight excluding hydrogens is 462 g/mol. The number of ether oxygens (including phenoxy) is 2. The molecule has 12 heteroatoms. The van der Waals surface area contributed by atoms with E-state index in [2.05, 4.69) is 10.1 Å². The van der Waals surface area contributed by atoms with Crippen LogP contribution in [0.4, 0.5) is 11.4 Å². The Morgan fingerprint density at radius 3 is 2.40 bits per heavy atom. The van der Waals surface area contributed by atoms with Gasteiger partial charge in [-0.25, -0.2) is 9.59 Å². The number of hydrogen-bond acceptors (Lipinski definition) is 9. The molecule has 2 aromatic carbocycles. The second-order valence-corrected chi connectivity index (χ2v) is 6.95. The number of amides is 1. The first-order valence-corrected chi connectivity index (χ1v) is 9.95. The molecule has 180 valence electrons. The number of benzene rings is 2. The van der Waals surface area contributed by atoms with Gasteiger partial charge in [-0.2, -0.15) is 4.73 Å². The highest BCUT2D eigenvalue weighted by Gasteiger charge is 2.20. The first-order valence-electron chi connectivity index (χ1n) is 9.95. The van der Waals surface area contributed by atoms with Gasteiger partial charge in [0.05, 0.1) is 36.0 Å². The normalized spacial score (nSPS) is 10.2. The van der Waals surface area contributed by atoms with Gasteiger partial charge in [0.25, 0.3) is 17.2 Å². The third kappa shape index (κ3) is 5.68. The van der Waals surface area contributed by atoms with Crippen molar-refractivity contribution in [1.29, 1.82) is 0 Å². The topological polar surface area (TPSA) is 156 Å². The molecule has 1 N–H and O–H groups in total. The van der Waals surface area contributed by atoms with Crippen LogP contribution in [0.5, 0.6) is 0 Å². The van der Waals surface area contributed by atoms with Gasteiger partial charge in [0, 0.05) is 18.3 Å². The monoisotopic (exact) mass is 481 g/mol. The summed E-state index contributed by atoms with van der Waals surface area (Å²) in [4.78, 5) is 65.4. The smallest absolute Gasteiger partial charge is 0.339 e. The molecule has 0 radical (unpaired) electrons. The number of rotatable bonds is 8. The van der Waals surface area contributed by atoms with Crippen molar-refractivity contribution in [3.05, 3.63) is 104 Å². The van der Waals surface area contributed by atoms with Crippen molar-refractivity contribution < 1.29 is 33.6 Å². The lowest BCUT2D eigenvalue weighted by molar-refractivity contribution is -0.384. The summed E-state index contributed by atoms with van der Waals surface area (Å²) in [5.41, 5.74) is -0.916. The molecule has 0 aliphatic carbocycles. The zero-order valence-electron chi connectivity index (χ0n) is 18.5. The van der Waals surface area contributed by atoms with E-state index in [0.717, 1.165) is 11.8 Å². The Hall–Kier alpha value is -5.00. The Morgan fingerprint density at radius 2 is 1.71 bits per heavy atom. The molecule has 12 nitrogen and oxygen atoms in total. The van der Waals surface area contributed by atoms with E-state index in [-0.39, 0.29) is 34.7 Å². The molecular formula is C23H19N3O9. The summed E-state index contributed by atoms with van der Waals surface area (Å²) >= 11 is 0. The number of pyridine rings is 1. The molecule has 0 unspecified atom stereocenters. The van der Waals surface area contributed by atoms with Crippen LogP contribution >= 0.6 is 0 Å². The summed E-state index contributed by atoms with van der Waals surface area (Å²) < 4.78 is 10.2. The molecule has 0 atom stereocenters. The number of anilines is 1. The summed E-state index contributed by atoms with van der Waals surface area (Å²) in [6.07, 6.45) is 1.27.